The van der Waals surface area contributed by atoms with E-state index in [1.165, 1.54) is 0 Å². The van der Waals surface area contributed by atoms with Gasteiger partial charge in [0, 0.05) is 0 Å². The summed E-state index contributed by atoms with van der Waals surface area (Å²) < 4.78 is 54.6. The van der Waals surface area contributed by atoms with E-state index >= 15 is 0 Å². The van der Waals surface area contributed by atoms with Gasteiger partial charge in [-0.2, -0.15) is 8.42 Å². The minimum absolute atomic E-state index is 0. The molecule has 3 nitrogen and oxygen atoms in total. The van der Waals surface area contributed by atoms with Gasteiger partial charge in [-0.1, -0.05) is 4.39 Å². The zero-order chi connectivity index (χ0) is 7.49. The van der Waals surface area contributed by atoms with Gasteiger partial charge < -0.3 is 0 Å². The van der Waals surface area contributed by atoms with Gasteiger partial charge in [-0.25, -0.2) is 8.78 Å². The first-order chi connectivity index (χ1) is 3.98. The van der Waals surface area contributed by atoms with Crippen molar-refractivity contribution in [2.75, 3.05) is 5.75 Å². The van der Waals surface area contributed by atoms with Crippen LogP contribution in [0.4, 0.5) is 13.3 Å². The first-order valence-corrected chi connectivity index (χ1v) is 3.37. The lowest BCUT2D eigenvalue weighted by Crippen LogP contribution is -2.12. The molecular formula is C2H5F3MgO3S. The van der Waals surface area contributed by atoms with Crippen molar-refractivity contribution >= 4 is 33.2 Å². The SMILES string of the molecule is O=S(=O)(CC(F)F)OF.[MgH2]. The van der Waals surface area contributed by atoms with Crippen LogP contribution >= 0.6 is 0 Å². The number of rotatable bonds is 3. The summed E-state index contributed by atoms with van der Waals surface area (Å²) >= 11 is 0. The fourth-order valence-electron chi connectivity index (χ4n) is 0.180. The van der Waals surface area contributed by atoms with Crippen LogP contribution in [0.15, 0.2) is 0 Å². The maximum absolute atomic E-state index is 11.1. The molecule has 10 heavy (non-hydrogen) atoms. The Kier molecular flexibility index (Phi) is 6.75. The van der Waals surface area contributed by atoms with E-state index in [-0.39, 0.29) is 23.1 Å². The third-order valence-corrected chi connectivity index (χ3v) is 1.28. The molecular weight excluding hydrogens is 185 g/mol. The van der Waals surface area contributed by atoms with Crippen LogP contribution in [-0.4, -0.2) is 43.6 Å². The molecule has 60 valence electrons. The molecule has 0 saturated heterocycles. The monoisotopic (exact) mass is 190 g/mol. The van der Waals surface area contributed by atoms with Gasteiger partial charge >= 0.3 is 33.2 Å². The van der Waals surface area contributed by atoms with E-state index in [0.717, 1.165) is 0 Å². The molecule has 0 unspecified atom stereocenters. The standard InChI is InChI=1S/C2H3F3O3S.Mg.2H/c3-2(4)1-9(6,7)8-5;;;/h2H,1H2;;;. The van der Waals surface area contributed by atoms with Crippen molar-refractivity contribution in [3.05, 3.63) is 0 Å². The Bertz CT molecular complexity index is 167. The summed E-state index contributed by atoms with van der Waals surface area (Å²) in [5.41, 5.74) is 0. The lowest BCUT2D eigenvalue weighted by molar-refractivity contribution is 0.000347. The lowest BCUT2D eigenvalue weighted by Gasteiger charge is -1.93. The average molecular weight is 190 g/mol. The summed E-state index contributed by atoms with van der Waals surface area (Å²) in [7, 11) is -4.64. The molecule has 0 N–H and O–H groups in total. The van der Waals surface area contributed by atoms with E-state index < -0.39 is 22.3 Å². The molecule has 0 radical (unpaired) electrons. The van der Waals surface area contributed by atoms with Crippen molar-refractivity contribution in [1.82, 2.24) is 0 Å². The van der Waals surface area contributed by atoms with Gasteiger partial charge in [0.15, 0.2) is 0 Å². The highest BCUT2D eigenvalue weighted by Crippen LogP contribution is 2.00. The van der Waals surface area contributed by atoms with Crippen LogP contribution in [-0.2, 0) is 14.5 Å². The molecule has 0 aliphatic heterocycles. The Balaban J connectivity index is 0. The molecule has 0 bridgehead atoms. The molecule has 0 heterocycles. The maximum atomic E-state index is 11.1. The minimum Gasteiger partial charge on any atom is -0.209 e. The highest BCUT2D eigenvalue weighted by atomic mass is 32.2. The van der Waals surface area contributed by atoms with Crippen molar-refractivity contribution in [2.45, 2.75) is 6.43 Å². The van der Waals surface area contributed by atoms with Gasteiger partial charge in [-0.05, 0) is 4.53 Å². The third-order valence-electron chi connectivity index (χ3n) is 0.426. The molecule has 0 aromatic carbocycles. The van der Waals surface area contributed by atoms with E-state index in [0.29, 0.717) is 0 Å². The van der Waals surface area contributed by atoms with Crippen LogP contribution in [0.25, 0.3) is 0 Å². The van der Waals surface area contributed by atoms with Crippen molar-refractivity contribution in [3.8, 4) is 0 Å². The molecule has 0 aliphatic rings. The number of halogens is 3. The fourth-order valence-corrected chi connectivity index (χ4v) is 0.540. The quantitative estimate of drug-likeness (QED) is 0.567. The Morgan fingerprint density at radius 1 is 1.40 bits per heavy atom. The first-order valence-electron chi connectivity index (χ1n) is 1.79. The summed E-state index contributed by atoms with van der Waals surface area (Å²) in [6.07, 6.45) is -3.11. The summed E-state index contributed by atoms with van der Waals surface area (Å²) in [6.45, 7) is 0. The molecule has 0 spiro atoms. The second kappa shape index (κ2) is 5.16. The summed E-state index contributed by atoms with van der Waals surface area (Å²) in [6, 6.07) is 0. The third kappa shape index (κ3) is 6.58. The van der Waals surface area contributed by atoms with E-state index in [1.807, 2.05) is 0 Å². The lowest BCUT2D eigenvalue weighted by atomic mass is 10.9. The fraction of sp³-hybridized carbons (Fsp3) is 1.00. The van der Waals surface area contributed by atoms with E-state index in [4.69, 9.17) is 0 Å². The smallest absolute Gasteiger partial charge is 0.209 e. The average Bonchev–Trinajstić information content (AvgIpc) is 1.63. The molecule has 0 aromatic heterocycles. The Labute approximate surface area is 71.7 Å². The molecule has 0 rings (SSSR count). The largest absolute Gasteiger partial charge is 0.316 e. The predicted molar refractivity (Wildman–Crippen MR) is 30.5 cm³/mol. The van der Waals surface area contributed by atoms with Crippen LogP contribution in [0.3, 0.4) is 0 Å². The minimum atomic E-state index is -4.64. The molecule has 0 saturated carbocycles. The highest BCUT2D eigenvalue weighted by molar-refractivity contribution is 7.86. The van der Waals surface area contributed by atoms with E-state index in [2.05, 4.69) is 4.39 Å². The van der Waals surface area contributed by atoms with E-state index in [9.17, 15) is 21.7 Å². The molecule has 0 aromatic rings. The van der Waals surface area contributed by atoms with Crippen LogP contribution in [0.2, 0.25) is 0 Å². The molecule has 0 aliphatic carbocycles. The first kappa shape index (κ1) is 13.1. The molecule has 0 amide bonds. The maximum Gasteiger partial charge on any atom is 0.316 e. The second-order valence-corrected chi connectivity index (χ2v) is 2.75. The van der Waals surface area contributed by atoms with Crippen molar-refractivity contribution < 1.29 is 26.1 Å². The molecule has 0 atom stereocenters. The molecule has 0 fully saturated rings. The number of hydrogen-bond acceptors (Lipinski definition) is 3. The summed E-state index contributed by atoms with van der Waals surface area (Å²) in [4.78, 5) is 0. The second-order valence-electron chi connectivity index (χ2n) is 1.18. The van der Waals surface area contributed by atoms with Crippen LogP contribution < -0.4 is 0 Å². The van der Waals surface area contributed by atoms with Gasteiger partial charge in [0.2, 0.25) is 0 Å². The topological polar surface area (TPSA) is 43.4 Å². The van der Waals surface area contributed by atoms with Crippen LogP contribution in [0.1, 0.15) is 0 Å². The number of alkyl halides is 2. The van der Waals surface area contributed by atoms with Gasteiger partial charge in [-0.15, -0.1) is 0 Å². The highest BCUT2D eigenvalue weighted by Gasteiger charge is 2.18. The van der Waals surface area contributed by atoms with Crippen LogP contribution in [0, 0.1) is 0 Å². The van der Waals surface area contributed by atoms with Crippen molar-refractivity contribution in [2.24, 2.45) is 0 Å². The molecule has 8 heteroatoms. The Morgan fingerprint density at radius 3 is 1.90 bits per heavy atom. The Hall–Kier alpha value is 0.466. The number of hydrogen-bond donors (Lipinski definition) is 0. The zero-order valence-corrected chi connectivity index (χ0v) is 4.87. The zero-order valence-electron chi connectivity index (χ0n) is 4.05. The van der Waals surface area contributed by atoms with Gasteiger partial charge in [0.1, 0.15) is 5.75 Å². The predicted octanol–water partition coefficient (Wildman–Crippen LogP) is -0.434. The normalized spacial score (nSPS) is 11.2. The summed E-state index contributed by atoms with van der Waals surface area (Å²) in [5, 5.41) is 0. The van der Waals surface area contributed by atoms with Gasteiger partial charge in [0.25, 0.3) is 6.43 Å². The van der Waals surface area contributed by atoms with Gasteiger partial charge in [-0.3, -0.25) is 0 Å². The van der Waals surface area contributed by atoms with Crippen LogP contribution in [0.5, 0.6) is 0 Å². The van der Waals surface area contributed by atoms with Crippen molar-refractivity contribution in [3.63, 3.8) is 0 Å². The van der Waals surface area contributed by atoms with Crippen molar-refractivity contribution in [1.29, 1.82) is 0 Å². The van der Waals surface area contributed by atoms with Gasteiger partial charge in [0.05, 0.1) is 0 Å². The van der Waals surface area contributed by atoms with E-state index in [1.54, 1.807) is 0 Å². The summed E-state index contributed by atoms with van der Waals surface area (Å²) in [5.74, 6) is -1.61. The Morgan fingerprint density at radius 2 is 1.80 bits per heavy atom.